The number of hydrogen-bond donors (Lipinski definition) is 2. The van der Waals surface area contributed by atoms with E-state index in [9.17, 15) is 14.9 Å². The van der Waals surface area contributed by atoms with Gasteiger partial charge in [-0.3, -0.25) is 14.9 Å². The van der Waals surface area contributed by atoms with Gasteiger partial charge in [0.25, 0.3) is 5.91 Å². The van der Waals surface area contributed by atoms with Crippen molar-refractivity contribution in [3.63, 3.8) is 0 Å². The fraction of sp³-hybridized carbons (Fsp3) is 0.316. The van der Waals surface area contributed by atoms with Gasteiger partial charge in [-0.25, -0.2) is 0 Å². The molecule has 0 aliphatic heterocycles. The Morgan fingerprint density at radius 2 is 2.11 bits per heavy atom. The van der Waals surface area contributed by atoms with Crippen LogP contribution in [0.3, 0.4) is 0 Å². The summed E-state index contributed by atoms with van der Waals surface area (Å²) in [5.74, 6) is 0.142. The molecule has 1 unspecified atom stereocenters. The molecule has 1 aliphatic rings. The number of ether oxygens (including phenoxy) is 2. The monoisotopic (exact) mass is 407 g/mol. The molecule has 150 valence electrons. The van der Waals surface area contributed by atoms with Gasteiger partial charge >= 0.3 is 5.69 Å². The van der Waals surface area contributed by atoms with Crippen LogP contribution in [0.15, 0.2) is 36.4 Å². The van der Waals surface area contributed by atoms with Gasteiger partial charge in [0.1, 0.15) is 5.75 Å². The van der Waals surface area contributed by atoms with Crippen molar-refractivity contribution in [3.8, 4) is 11.5 Å². The SMILES string of the molecule is COc1cc(OCC(=O)NC2CCCc3cc(N)ccc32)ccc1[N+](=O)[O-].Cl. The number of nitrogens with two attached hydrogens (primary N) is 1. The first kappa shape index (κ1) is 21.3. The van der Waals surface area contributed by atoms with Gasteiger partial charge in [-0.15, -0.1) is 12.4 Å². The number of nitrogens with zero attached hydrogens (tertiary/aromatic N) is 1. The first-order valence-electron chi connectivity index (χ1n) is 8.61. The summed E-state index contributed by atoms with van der Waals surface area (Å²) in [6.07, 6.45) is 2.78. The number of methoxy groups -OCH3 is 1. The number of anilines is 1. The average molecular weight is 408 g/mol. The summed E-state index contributed by atoms with van der Waals surface area (Å²) < 4.78 is 10.5. The zero-order chi connectivity index (χ0) is 19.4. The number of rotatable bonds is 6. The number of fused-ring (bicyclic) bond motifs is 1. The maximum absolute atomic E-state index is 12.3. The molecule has 0 spiro atoms. The fourth-order valence-electron chi connectivity index (χ4n) is 3.27. The van der Waals surface area contributed by atoms with Crippen LogP contribution < -0.4 is 20.5 Å². The second-order valence-electron chi connectivity index (χ2n) is 6.35. The molecule has 3 N–H and O–H groups in total. The fourth-order valence-corrected chi connectivity index (χ4v) is 3.27. The number of hydrogen-bond acceptors (Lipinski definition) is 6. The maximum atomic E-state index is 12.3. The van der Waals surface area contributed by atoms with Crippen molar-refractivity contribution in [3.05, 3.63) is 57.6 Å². The van der Waals surface area contributed by atoms with E-state index in [2.05, 4.69) is 5.32 Å². The minimum absolute atomic E-state index is 0. The summed E-state index contributed by atoms with van der Waals surface area (Å²) in [5, 5.41) is 13.9. The number of amides is 1. The van der Waals surface area contributed by atoms with E-state index < -0.39 is 4.92 Å². The van der Waals surface area contributed by atoms with Gasteiger partial charge in [-0.2, -0.15) is 0 Å². The minimum atomic E-state index is -0.539. The number of halogens is 1. The third-order valence-electron chi connectivity index (χ3n) is 4.53. The van der Waals surface area contributed by atoms with Crippen molar-refractivity contribution in [1.29, 1.82) is 0 Å². The molecular formula is C19H22ClN3O5. The molecule has 0 aromatic heterocycles. The molecule has 2 aromatic rings. The van der Waals surface area contributed by atoms with E-state index >= 15 is 0 Å². The smallest absolute Gasteiger partial charge is 0.311 e. The second kappa shape index (κ2) is 9.27. The third kappa shape index (κ3) is 4.83. The molecule has 2 aromatic carbocycles. The topological polar surface area (TPSA) is 117 Å². The molecule has 0 radical (unpaired) electrons. The number of nitro groups is 1. The number of aryl methyl sites for hydroxylation is 1. The lowest BCUT2D eigenvalue weighted by atomic mass is 9.87. The summed E-state index contributed by atoms with van der Waals surface area (Å²) >= 11 is 0. The average Bonchev–Trinajstić information content (AvgIpc) is 2.66. The standard InChI is InChI=1S/C19H21N3O5.ClH/c1-26-18-10-14(6-8-17(18)22(24)25)27-11-19(23)21-16-4-2-3-12-9-13(20)5-7-15(12)16;/h5-10,16H,2-4,11,20H2,1H3,(H,21,23);1H. The zero-order valence-corrected chi connectivity index (χ0v) is 16.2. The van der Waals surface area contributed by atoms with Crippen molar-refractivity contribution >= 4 is 29.7 Å². The van der Waals surface area contributed by atoms with Gasteiger partial charge < -0.3 is 20.5 Å². The van der Waals surface area contributed by atoms with Crippen LogP contribution in [0.1, 0.15) is 30.0 Å². The van der Waals surface area contributed by atoms with Crippen LogP contribution in [0.25, 0.3) is 0 Å². The van der Waals surface area contributed by atoms with E-state index in [4.69, 9.17) is 15.2 Å². The van der Waals surface area contributed by atoms with Gasteiger partial charge in [0, 0.05) is 17.8 Å². The maximum Gasteiger partial charge on any atom is 0.311 e. The normalized spacial score (nSPS) is 15.0. The van der Waals surface area contributed by atoms with Crippen LogP contribution >= 0.6 is 12.4 Å². The van der Waals surface area contributed by atoms with Gasteiger partial charge in [0.2, 0.25) is 5.75 Å². The van der Waals surface area contributed by atoms with Crippen LogP contribution in [0, 0.1) is 10.1 Å². The number of benzene rings is 2. The molecule has 0 heterocycles. The Balaban J connectivity index is 0.00000280. The molecule has 1 aliphatic carbocycles. The van der Waals surface area contributed by atoms with Gasteiger partial charge in [-0.1, -0.05) is 6.07 Å². The highest BCUT2D eigenvalue weighted by Gasteiger charge is 2.22. The van der Waals surface area contributed by atoms with E-state index in [-0.39, 0.29) is 42.4 Å². The van der Waals surface area contributed by atoms with E-state index in [1.165, 1.54) is 25.3 Å². The Morgan fingerprint density at radius 3 is 2.82 bits per heavy atom. The quantitative estimate of drug-likeness (QED) is 0.431. The number of nitrogen functional groups attached to an aromatic ring is 1. The first-order valence-corrected chi connectivity index (χ1v) is 8.61. The van der Waals surface area contributed by atoms with Gasteiger partial charge in [0.15, 0.2) is 6.61 Å². The number of nitro benzene ring substituents is 1. The Hall–Kier alpha value is -3.00. The molecule has 1 atom stereocenters. The Bertz CT molecular complexity index is 875. The first-order chi connectivity index (χ1) is 13.0. The molecule has 3 rings (SSSR count). The van der Waals surface area contributed by atoms with Crippen molar-refractivity contribution in [1.82, 2.24) is 5.32 Å². The summed E-state index contributed by atoms with van der Waals surface area (Å²) in [5.41, 5.74) is 8.64. The molecule has 0 fully saturated rings. The summed E-state index contributed by atoms with van der Waals surface area (Å²) in [4.78, 5) is 22.7. The van der Waals surface area contributed by atoms with Gasteiger partial charge in [0.05, 0.1) is 18.1 Å². The van der Waals surface area contributed by atoms with Gasteiger partial charge in [-0.05, 0) is 48.6 Å². The third-order valence-corrected chi connectivity index (χ3v) is 4.53. The number of carbonyl (C=O) groups is 1. The van der Waals surface area contributed by atoms with Crippen molar-refractivity contribution in [2.75, 3.05) is 19.5 Å². The highest BCUT2D eigenvalue weighted by molar-refractivity contribution is 5.85. The summed E-state index contributed by atoms with van der Waals surface area (Å²) in [7, 11) is 1.34. The lowest BCUT2D eigenvalue weighted by molar-refractivity contribution is -0.385. The molecule has 0 bridgehead atoms. The molecule has 9 heteroatoms. The van der Waals surface area contributed by atoms with Crippen LogP contribution in [0.4, 0.5) is 11.4 Å². The lowest BCUT2D eigenvalue weighted by Gasteiger charge is -2.26. The zero-order valence-electron chi connectivity index (χ0n) is 15.3. The van der Waals surface area contributed by atoms with Crippen LogP contribution in [0.2, 0.25) is 0 Å². The van der Waals surface area contributed by atoms with Crippen LogP contribution in [-0.2, 0) is 11.2 Å². The largest absolute Gasteiger partial charge is 0.490 e. The lowest BCUT2D eigenvalue weighted by Crippen LogP contribution is -2.34. The molecule has 0 saturated heterocycles. The second-order valence-corrected chi connectivity index (χ2v) is 6.35. The minimum Gasteiger partial charge on any atom is -0.490 e. The molecule has 8 nitrogen and oxygen atoms in total. The summed E-state index contributed by atoms with van der Waals surface area (Å²) in [6.45, 7) is -0.193. The van der Waals surface area contributed by atoms with Crippen molar-refractivity contribution in [2.45, 2.75) is 25.3 Å². The van der Waals surface area contributed by atoms with Crippen LogP contribution in [0.5, 0.6) is 11.5 Å². The molecular weight excluding hydrogens is 386 g/mol. The van der Waals surface area contributed by atoms with E-state index in [0.717, 1.165) is 36.1 Å². The number of carbonyl (C=O) groups excluding carboxylic acids is 1. The number of nitrogens with one attached hydrogen (secondary N) is 1. The van der Waals surface area contributed by atoms with Crippen molar-refractivity contribution < 1.29 is 19.2 Å². The molecule has 1 amide bonds. The van der Waals surface area contributed by atoms with E-state index in [1.54, 1.807) is 0 Å². The Labute approximate surface area is 168 Å². The van der Waals surface area contributed by atoms with Crippen LogP contribution in [-0.4, -0.2) is 24.5 Å². The Kier molecular flexibility index (Phi) is 7.06. The Morgan fingerprint density at radius 1 is 1.32 bits per heavy atom. The molecule has 0 saturated carbocycles. The van der Waals surface area contributed by atoms with E-state index in [0.29, 0.717) is 5.75 Å². The van der Waals surface area contributed by atoms with Crippen molar-refractivity contribution in [2.24, 2.45) is 0 Å². The predicted octanol–water partition coefficient (Wildman–Crippen LogP) is 3.18. The summed E-state index contributed by atoms with van der Waals surface area (Å²) in [6, 6.07) is 9.79. The highest BCUT2D eigenvalue weighted by Crippen LogP contribution is 2.32. The predicted molar refractivity (Wildman–Crippen MR) is 107 cm³/mol. The highest BCUT2D eigenvalue weighted by atomic mass is 35.5. The van der Waals surface area contributed by atoms with E-state index in [1.807, 2.05) is 18.2 Å². The molecule has 28 heavy (non-hydrogen) atoms.